The lowest BCUT2D eigenvalue weighted by Gasteiger charge is -2.07. The van der Waals surface area contributed by atoms with E-state index >= 15 is 0 Å². The lowest BCUT2D eigenvalue weighted by Crippen LogP contribution is -2.18. The van der Waals surface area contributed by atoms with Gasteiger partial charge in [0.25, 0.3) is 5.91 Å². The van der Waals surface area contributed by atoms with Crippen LogP contribution in [0.15, 0.2) is 12.3 Å². The van der Waals surface area contributed by atoms with E-state index in [9.17, 15) is 9.59 Å². The Morgan fingerprint density at radius 1 is 1.52 bits per heavy atom. The van der Waals surface area contributed by atoms with Crippen molar-refractivity contribution in [3.05, 3.63) is 33.4 Å². The molecule has 0 atom stereocenters. The number of hydrogen-bond donors (Lipinski definition) is 1. The van der Waals surface area contributed by atoms with Crippen molar-refractivity contribution in [2.75, 3.05) is 12.4 Å². The Bertz CT molecular complexity index is 693. The standard InChI is InChI=1S/C13H14ClN3O3S/c1-4-17-10(9(14)6-15-17)11(18)16-12-8(13(19)20-3)5-7(2)21-12/h5-6H,4H2,1-3H3,(H,16,18). The molecule has 112 valence electrons. The van der Waals surface area contributed by atoms with Crippen LogP contribution in [-0.4, -0.2) is 28.8 Å². The number of halogens is 1. The zero-order valence-corrected chi connectivity index (χ0v) is 13.3. The topological polar surface area (TPSA) is 73.2 Å². The maximum atomic E-state index is 12.3. The molecule has 0 aromatic carbocycles. The third-order valence-corrected chi connectivity index (χ3v) is 4.04. The van der Waals surface area contributed by atoms with E-state index < -0.39 is 11.9 Å². The van der Waals surface area contributed by atoms with E-state index in [0.717, 1.165) is 4.88 Å². The summed E-state index contributed by atoms with van der Waals surface area (Å²) >= 11 is 7.28. The fourth-order valence-electron chi connectivity index (χ4n) is 1.86. The van der Waals surface area contributed by atoms with Gasteiger partial charge in [-0.05, 0) is 19.9 Å². The third kappa shape index (κ3) is 3.08. The van der Waals surface area contributed by atoms with Crippen LogP contribution in [0.1, 0.15) is 32.6 Å². The molecule has 1 N–H and O–H groups in total. The van der Waals surface area contributed by atoms with Crippen molar-refractivity contribution in [3.63, 3.8) is 0 Å². The number of aromatic nitrogens is 2. The van der Waals surface area contributed by atoms with E-state index in [1.165, 1.54) is 29.3 Å². The number of esters is 1. The molecular formula is C13H14ClN3O3S. The second-order valence-corrected chi connectivity index (χ2v) is 5.87. The first-order chi connectivity index (χ1) is 9.97. The lowest BCUT2D eigenvalue weighted by atomic mass is 10.3. The molecule has 2 rings (SSSR count). The van der Waals surface area contributed by atoms with Gasteiger partial charge in [0.05, 0.1) is 23.9 Å². The summed E-state index contributed by atoms with van der Waals surface area (Å²) in [5.41, 5.74) is 0.591. The molecule has 0 spiro atoms. The van der Waals surface area contributed by atoms with Gasteiger partial charge in [-0.2, -0.15) is 5.10 Å². The first-order valence-electron chi connectivity index (χ1n) is 6.19. The van der Waals surface area contributed by atoms with Gasteiger partial charge < -0.3 is 10.1 Å². The monoisotopic (exact) mass is 327 g/mol. The third-order valence-electron chi connectivity index (χ3n) is 2.80. The summed E-state index contributed by atoms with van der Waals surface area (Å²) in [5, 5.41) is 7.41. The maximum absolute atomic E-state index is 12.3. The molecule has 0 saturated heterocycles. The molecule has 2 aromatic rings. The summed E-state index contributed by atoms with van der Waals surface area (Å²) in [5.74, 6) is -0.906. The Labute approximate surface area is 130 Å². The highest BCUT2D eigenvalue weighted by Gasteiger charge is 2.21. The van der Waals surface area contributed by atoms with Gasteiger partial charge in [-0.25, -0.2) is 4.79 Å². The van der Waals surface area contributed by atoms with Crippen molar-refractivity contribution in [1.29, 1.82) is 0 Å². The first kappa shape index (κ1) is 15.5. The molecule has 0 aliphatic heterocycles. The number of carbonyl (C=O) groups excluding carboxylic acids is 2. The zero-order valence-electron chi connectivity index (χ0n) is 11.8. The van der Waals surface area contributed by atoms with E-state index in [0.29, 0.717) is 17.1 Å². The van der Waals surface area contributed by atoms with Gasteiger partial charge in [0, 0.05) is 11.4 Å². The molecule has 0 bridgehead atoms. The second-order valence-electron chi connectivity index (χ2n) is 4.20. The first-order valence-corrected chi connectivity index (χ1v) is 7.38. The molecule has 0 unspecified atom stereocenters. The number of aryl methyl sites for hydroxylation is 2. The highest BCUT2D eigenvalue weighted by Crippen LogP contribution is 2.29. The molecule has 1 amide bonds. The Kier molecular flexibility index (Phi) is 4.64. The molecule has 0 saturated carbocycles. The Balaban J connectivity index is 2.32. The summed E-state index contributed by atoms with van der Waals surface area (Å²) in [6.45, 7) is 4.22. The molecule has 0 fully saturated rings. The van der Waals surface area contributed by atoms with Gasteiger partial charge in [-0.1, -0.05) is 11.6 Å². The minimum atomic E-state index is -0.496. The Hall–Kier alpha value is -1.86. The number of nitrogens with one attached hydrogen (secondary N) is 1. The molecular weight excluding hydrogens is 314 g/mol. The molecule has 2 heterocycles. The number of hydrogen-bond acceptors (Lipinski definition) is 5. The minimum Gasteiger partial charge on any atom is -0.465 e. The van der Waals surface area contributed by atoms with Crippen LogP contribution in [-0.2, 0) is 11.3 Å². The lowest BCUT2D eigenvalue weighted by molar-refractivity contribution is 0.0602. The maximum Gasteiger partial charge on any atom is 0.340 e. The van der Waals surface area contributed by atoms with Crippen LogP contribution in [0.5, 0.6) is 0 Å². The summed E-state index contributed by atoms with van der Waals surface area (Å²) in [6.07, 6.45) is 1.42. The van der Waals surface area contributed by atoms with Gasteiger partial charge >= 0.3 is 5.97 Å². The molecule has 0 aliphatic rings. The number of nitrogens with zero attached hydrogens (tertiary/aromatic N) is 2. The highest BCUT2D eigenvalue weighted by atomic mass is 35.5. The molecule has 6 nitrogen and oxygen atoms in total. The smallest absolute Gasteiger partial charge is 0.340 e. The fraction of sp³-hybridized carbons (Fsp3) is 0.308. The molecule has 2 aromatic heterocycles. The molecule has 8 heteroatoms. The van der Waals surface area contributed by atoms with Crippen molar-refractivity contribution in [2.24, 2.45) is 0 Å². The van der Waals surface area contributed by atoms with Crippen LogP contribution in [0, 0.1) is 6.92 Å². The van der Waals surface area contributed by atoms with E-state index in [2.05, 4.69) is 10.4 Å². The predicted molar refractivity (Wildman–Crippen MR) is 81.3 cm³/mol. The van der Waals surface area contributed by atoms with Crippen molar-refractivity contribution in [3.8, 4) is 0 Å². The number of carbonyl (C=O) groups is 2. The fourth-order valence-corrected chi connectivity index (χ4v) is 2.98. The van der Waals surface area contributed by atoms with Crippen molar-refractivity contribution < 1.29 is 14.3 Å². The van der Waals surface area contributed by atoms with E-state index in [1.807, 2.05) is 13.8 Å². The average Bonchev–Trinajstić information content (AvgIpc) is 3.00. The Morgan fingerprint density at radius 2 is 2.24 bits per heavy atom. The highest BCUT2D eigenvalue weighted by molar-refractivity contribution is 7.16. The summed E-state index contributed by atoms with van der Waals surface area (Å²) in [6, 6.07) is 1.67. The average molecular weight is 328 g/mol. The van der Waals surface area contributed by atoms with Crippen LogP contribution >= 0.6 is 22.9 Å². The number of rotatable bonds is 4. The van der Waals surface area contributed by atoms with Crippen LogP contribution in [0.3, 0.4) is 0 Å². The predicted octanol–water partition coefficient (Wildman–Crippen LogP) is 2.97. The second kappa shape index (κ2) is 6.28. The van der Waals surface area contributed by atoms with Gasteiger partial charge in [0.15, 0.2) is 0 Å². The number of ether oxygens (including phenoxy) is 1. The normalized spacial score (nSPS) is 10.5. The largest absolute Gasteiger partial charge is 0.465 e. The van der Waals surface area contributed by atoms with E-state index in [4.69, 9.17) is 16.3 Å². The van der Waals surface area contributed by atoms with Crippen molar-refractivity contribution >= 4 is 39.8 Å². The van der Waals surface area contributed by atoms with Crippen molar-refractivity contribution in [1.82, 2.24) is 9.78 Å². The van der Waals surface area contributed by atoms with E-state index in [-0.39, 0.29) is 10.7 Å². The number of anilines is 1. The van der Waals surface area contributed by atoms with E-state index in [1.54, 1.807) is 6.07 Å². The number of amides is 1. The van der Waals surface area contributed by atoms with Crippen LogP contribution in [0.4, 0.5) is 5.00 Å². The van der Waals surface area contributed by atoms with Crippen LogP contribution < -0.4 is 5.32 Å². The van der Waals surface area contributed by atoms with Gasteiger partial charge in [-0.15, -0.1) is 11.3 Å². The minimum absolute atomic E-state index is 0.265. The molecule has 0 aliphatic carbocycles. The van der Waals surface area contributed by atoms with Gasteiger partial charge in [0.1, 0.15) is 10.7 Å². The van der Waals surface area contributed by atoms with Gasteiger partial charge in [0.2, 0.25) is 0 Å². The quantitative estimate of drug-likeness (QED) is 0.876. The summed E-state index contributed by atoms with van der Waals surface area (Å²) in [4.78, 5) is 24.9. The Morgan fingerprint density at radius 3 is 2.86 bits per heavy atom. The number of thiophene rings is 1. The summed E-state index contributed by atoms with van der Waals surface area (Å²) < 4.78 is 6.20. The SMILES string of the molecule is CCn1ncc(Cl)c1C(=O)Nc1sc(C)cc1C(=O)OC. The van der Waals surface area contributed by atoms with Gasteiger partial charge in [-0.3, -0.25) is 9.48 Å². The van der Waals surface area contributed by atoms with Crippen molar-refractivity contribution in [2.45, 2.75) is 20.4 Å². The summed E-state index contributed by atoms with van der Waals surface area (Å²) in [7, 11) is 1.30. The van der Waals surface area contributed by atoms with Crippen LogP contribution in [0.25, 0.3) is 0 Å². The van der Waals surface area contributed by atoms with Crippen LogP contribution in [0.2, 0.25) is 5.02 Å². The molecule has 21 heavy (non-hydrogen) atoms. The number of methoxy groups -OCH3 is 1. The zero-order chi connectivity index (χ0) is 15.6. The molecule has 0 radical (unpaired) electrons.